The lowest BCUT2D eigenvalue weighted by Gasteiger charge is -2.20. The number of hydrogen-bond acceptors (Lipinski definition) is 3. The second-order valence-corrected chi connectivity index (χ2v) is 2.90. The molecule has 1 amide bonds. The van der Waals surface area contributed by atoms with Crippen LogP contribution in [0.1, 0.15) is 13.8 Å². The van der Waals surface area contributed by atoms with E-state index < -0.39 is 11.9 Å². The second kappa shape index (κ2) is 4.64. The molecule has 0 fully saturated rings. The Morgan fingerprint density at radius 1 is 1.58 bits per heavy atom. The maximum Gasteiger partial charge on any atom is 0.240 e. The number of methoxy groups -OCH3 is 1. The molecule has 4 nitrogen and oxygen atoms in total. The van der Waals surface area contributed by atoms with Crippen molar-refractivity contribution in [3.63, 3.8) is 0 Å². The Balaban J connectivity index is 4.14. The molecule has 0 aliphatic rings. The van der Waals surface area contributed by atoms with Crippen LogP contribution in [0.15, 0.2) is 12.5 Å². The van der Waals surface area contributed by atoms with Gasteiger partial charge in [0.15, 0.2) is 5.88 Å². The molecule has 3 N–H and O–H groups in total. The van der Waals surface area contributed by atoms with Crippen LogP contribution in [0, 0.1) is 5.92 Å². The molecule has 0 radical (unpaired) electrons. The van der Waals surface area contributed by atoms with E-state index in [0.29, 0.717) is 5.88 Å². The van der Waals surface area contributed by atoms with Gasteiger partial charge in [0.2, 0.25) is 5.91 Å². The van der Waals surface area contributed by atoms with Gasteiger partial charge in [-0.3, -0.25) is 4.79 Å². The number of carbonyl (C=O) groups is 1. The van der Waals surface area contributed by atoms with E-state index >= 15 is 0 Å². The second-order valence-electron chi connectivity index (χ2n) is 2.90. The standard InChI is InChI=1S/C8H16N2O2/c1-5(2)7(8(9)11)10-6(3)12-4/h5,7,10H,3H2,1-2,4H3,(H2,9,11)/t7-/m0/s1. The van der Waals surface area contributed by atoms with Gasteiger partial charge in [-0.05, 0) is 12.5 Å². The van der Waals surface area contributed by atoms with Gasteiger partial charge in [0.05, 0.1) is 7.11 Å². The van der Waals surface area contributed by atoms with Crippen molar-refractivity contribution in [3.8, 4) is 0 Å². The smallest absolute Gasteiger partial charge is 0.240 e. The minimum atomic E-state index is -0.419. The van der Waals surface area contributed by atoms with Gasteiger partial charge in [0.1, 0.15) is 6.04 Å². The predicted molar refractivity (Wildman–Crippen MR) is 47.1 cm³/mol. The van der Waals surface area contributed by atoms with Crippen molar-refractivity contribution in [2.24, 2.45) is 11.7 Å². The topological polar surface area (TPSA) is 64.3 Å². The van der Waals surface area contributed by atoms with E-state index in [-0.39, 0.29) is 5.92 Å². The minimum Gasteiger partial charge on any atom is -0.483 e. The van der Waals surface area contributed by atoms with E-state index in [4.69, 9.17) is 10.5 Å². The maximum absolute atomic E-state index is 10.9. The first-order chi connectivity index (χ1) is 5.49. The van der Waals surface area contributed by atoms with Gasteiger partial charge in [-0.25, -0.2) is 0 Å². The summed E-state index contributed by atoms with van der Waals surface area (Å²) in [6.07, 6.45) is 0. The fraction of sp³-hybridized carbons (Fsp3) is 0.625. The highest BCUT2D eigenvalue weighted by Crippen LogP contribution is 2.02. The molecular formula is C8H16N2O2. The molecule has 0 saturated carbocycles. The molecule has 0 rings (SSSR count). The van der Waals surface area contributed by atoms with Crippen LogP contribution in [-0.4, -0.2) is 19.1 Å². The van der Waals surface area contributed by atoms with Crippen LogP contribution in [0.3, 0.4) is 0 Å². The molecule has 0 saturated heterocycles. The highest BCUT2D eigenvalue weighted by Gasteiger charge is 2.19. The summed E-state index contributed by atoms with van der Waals surface area (Å²) >= 11 is 0. The van der Waals surface area contributed by atoms with Crippen molar-refractivity contribution in [1.29, 1.82) is 0 Å². The highest BCUT2D eigenvalue weighted by atomic mass is 16.5. The summed E-state index contributed by atoms with van der Waals surface area (Å²) < 4.78 is 4.77. The molecule has 12 heavy (non-hydrogen) atoms. The lowest BCUT2D eigenvalue weighted by molar-refractivity contribution is -0.121. The van der Waals surface area contributed by atoms with E-state index in [1.54, 1.807) is 0 Å². The summed E-state index contributed by atoms with van der Waals surface area (Å²) in [7, 11) is 1.48. The van der Waals surface area contributed by atoms with E-state index in [1.807, 2.05) is 13.8 Å². The van der Waals surface area contributed by atoms with Crippen molar-refractivity contribution in [2.75, 3.05) is 7.11 Å². The SMILES string of the molecule is C=C(N[C@H](C(N)=O)C(C)C)OC. The number of ether oxygens (including phenoxy) is 1. The summed E-state index contributed by atoms with van der Waals surface area (Å²) in [5.41, 5.74) is 5.14. The summed E-state index contributed by atoms with van der Waals surface area (Å²) in [6.45, 7) is 7.33. The van der Waals surface area contributed by atoms with Gasteiger partial charge in [-0.1, -0.05) is 13.8 Å². The minimum absolute atomic E-state index is 0.120. The normalized spacial score (nSPS) is 12.3. The van der Waals surface area contributed by atoms with Crippen LogP contribution in [0.5, 0.6) is 0 Å². The Bertz CT molecular complexity index is 178. The quantitative estimate of drug-likeness (QED) is 0.582. The molecule has 0 aromatic carbocycles. The van der Waals surface area contributed by atoms with Crippen LogP contribution in [0.4, 0.5) is 0 Å². The summed E-state index contributed by atoms with van der Waals surface area (Å²) in [4.78, 5) is 10.9. The fourth-order valence-corrected chi connectivity index (χ4v) is 0.799. The Morgan fingerprint density at radius 2 is 2.08 bits per heavy atom. The number of nitrogens with two attached hydrogens (primary N) is 1. The average molecular weight is 172 g/mol. The first kappa shape index (κ1) is 10.8. The Hall–Kier alpha value is -1.19. The molecule has 0 aromatic rings. The summed E-state index contributed by atoms with van der Waals surface area (Å²) in [5, 5.41) is 2.77. The summed E-state index contributed by atoms with van der Waals surface area (Å²) in [6, 6.07) is -0.419. The molecule has 4 heteroatoms. The number of amides is 1. The van der Waals surface area contributed by atoms with Crippen molar-refractivity contribution in [3.05, 3.63) is 12.5 Å². The van der Waals surface area contributed by atoms with Crippen LogP contribution in [-0.2, 0) is 9.53 Å². The zero-order valence-corrected chi connectivity index (χ0v) is 7.76. The van der Waals surface area contributed by atoms with Crippen molar-refractivity contribution in [2.45, 2.75) is 19.9 Å². The lowest BCUT2D eigenvalue weighted by Crippen LogP contribution is -2.44. The molecule has 0 aromatic heterocycles. The first-order valence-electron chi connectivity index (χ1n) is 3.77. The molecular weight excluding hydrogens is 156 g/mol. The molecule has 0 aliphatic carbocycles. The van der Waals surface area contributed by atoms with E-state index in [2.05, 4.69) is 11.9 Å². The largest absolute Gasteiger partial charge is 0.483 e. The fourth-order valence-electron chi connectivity index (χ4n) is 0.799. The van der Waals surface area contributed by atoms with Crippen LogP contribution in [0.25, 0.3) is 0 Å². The van der Waals surface area contributed by atoms with Crippen LogP contribution in [0.2, 0.25) is 0 Å². The average Bonchev–Trinajstić information content (AvgIpc) is 1.98. The molecule has 70 valence electrons. The Morgan fingerprint density at radius 3 is 2.33 bits per heavy atom. The number of hydrogen-bond donors (Lipinski definition) is 2. The lowest BCUT2D eigenvalue weighted by atomic mass is 10.0. The predicted octanol–water partition coefficient (Wildman–Crippen LogP) is 0.203. The Labute approximate surface area is 72.8 Å². The molecule has 0 spiro atoms. The van der Waals surface area contributed by atoms with Crippen molar-refractivity contribution < 1.29 is 9.53 Å². The van der Waals surface area contributed by atoms with Crippen LogP contribution < -0.4 is 11.1 Å². The van der Waals surface area contributed by atoms with Crippen molar-refractivity contribution >= 4 is 5.91 Å². The molecule has 1 atom stereocenters. The number of rotatable bonds is 5. The van der Waals surface area contributed by atoms with Gasteiger partial charge < -0.3 is 15.8 Å². The number of carbonyl (C=O) groups excluding carboxylic acids is 1. The molecule has 0 heterocycles. The number of primary amides is 1. The third-order valence-corrected chi connectivity index (χ3v) is 1.54. The van der Waals surface area contributed by atoms with E-state index in [9.17, 15) is 4.79 Å². The zero-order chi connectivity index (χ0) is 9.72. The van der Waals surface area contributed by atoms with Crippen molar-refractivity contribution in [1.82, 2.24) is 5.32 Å². The molecule has 0 aliphatic heterocycles. The van der Waals surface area contributed by atoms with Gasteiger partial charge in [-0.15, -0.1) is 0 Å². The zero-order valence-electron chi connectivity index (χ0n) is 7.76. The maximum atomic E-state index is 10.9. The summed E-state index contributed by atoms with van der Waals surface area (Å²) in [5.74, 6) is 0.0742. The van der Waals surface area contributed by atoms with E-state index in [1.165, 1.54) is 7.11 Å². The first-order valence-corrected chi connectivity index (χ1v) is 3.77. The molecule has 0 bridgehead atoms. The number of nitrogens with one attached hydrogen (secondary N) is 1. The van der Waals surface area contributed by atoms with E-state index in [0.717, 1.165) is 0 Å². The monoisotopic (exact) mass is 172 g/mol. The third-order valence-electron chi connectivity index (χ3n) is 1.54. The van der Waals surface area contributed by atoms with Gasteiger partial charge >= 0.3 is 0 Å². The molecule has 0 unspecified atom stereocenters. The van der Waals surface area contributed by atoms with Gasteiger partial charge in [0.25, 0.3) is 0 Å². The van der Waals surface area contributed by atoms with Crippen LogP contribution >= 0.6 is 0 Å². The van der Waals surface area contributed by atoms with Gasteiger partial charge in [-0.2, -0.15) is 0 Å². The Kier molecular flexibility index (Phi) is 4.18. The van der Waals surface area contributed by atoms with Gasteiger partial charge in [0, 0.05) is 0 Å². The third kappa shape index (κ3) is 3.27. The highest BCUT2D eigenvalue weighted by molar-refractivity contribution is 5.80.